The Labute approximate surface area is 313 Å². The number of halogens is 4. The van der Waals surface area contributed by atoms with Crippen LogP contribution in [-0.2, 0) is 0 Å². The Hall–Kier alpha value is -2.56. The number of thiophene rings is 4. The van der Waals surface area contributed by atoms with E-state index in [1.807, 2.05) is 0 Å². The molecule has 0 fully saturated rings. The summed E-state index contributed by atoms with van der Waals surface area (Å²) in [6.07, 6.45) is 0. The quantitative estimate of drug-likeness (QED) is 0.177. The molecule has 0 aliphatic rings. The van der Waals surface area contributed by atoms with E-state index >= 15 is 8.78 Å². The summed E-state index contributed by atoms with van der Waals surface area (Å²) in [5, 5.41) is 2.19. The van der Waals surface area contributed by atoms with Gasteiger partial charge in [0, 0.05) is 71.7 Å². The summed E-state index contributed by atoms with van der Waals surface area (Å²) < 4.78 is 51.4. The van der Waals surface area contributed by atoms with Crippen LogP contribution < -0.4 is 0 Å². The Morgan fingerprint density at radius 3 is 1.27 bits per heavy atom. The molecule has 0 unspecified atom stereocenters. The highest BCUT2D eigenvalue weighted by atomic mass is 79.9. The van der Waals surface area contributed by atoms with E-state index in [1.54, 1.807) is 57.5 Å². The molecule has 0 bridgehead atoms. The summed E-state index contributed by atoms with van der Waals surface area (Å²) in [5.74, 6) is -0.736. The third kappa shape index (κ3) is 4.67. The van der Waals surface area contributed by atoms with Gasteiger partial charge in [0.05, 0.1) is 32.4 Å². The van der Waals surface area contributed by atoms with Crippen LogP contribution in [0.15, 0.2) is 45.3 Å². The monoisotopic (exact) mass is 870 g/mol. The molecule has 9 aromatic rings. The minimum atomic E-state index is -0.368. The van der Waals surface area contributed by atoms with Gasteiger partial charge in [-0.2, -0.15) is 17.5 Å². The van der Waals surface area contributed by atoms with Crippen LogP contribution in [0.25, 0.3) is 84.0 Å². The molecule has 48 heavy (non-hydrogen) atoms. The van der Waals surface area contributed by atoms with E-state index in [1.165, 1.54) is 20.9 Å². The molecule has 0 saturated carbocycles. The maximum atomic E-state index is 15.3. The Morgan fingerprint density at radius 1 is 0.500 bits per heavy atom. The molecular weight excluding hydrogens is 855 g/mol. The number of hydrogen-bond donors (Lipinski definition) is 0. The Balaban J connectivity index is 1.44. The van der Waals surface area contributed by atoms with Gasteiger partial charge in [-0.1, -0.05) is 0 Å². The van der Waals surface area contributed by atoms with Crippen molar-refractivity contribution in [3.05, 3.63) is 77.9 Å². The van der Waals surface area contributed by atoms with Crippen LogP contribution in [0.5, 0.6) is 0 Å². The van der Waals surface area contributed by atoms with Gasteiger partial charge in [0.25, 0.3) is 0 Å². The Morgan fingerprint density at radius 2 is 0.896 bits per heavy atom. The Bertz CT molecular complexity index is 2520. The molecule has 0 saturated heterocycles. The molecule has 0 spiro atoms. The third-order valence-electron chi connectivity index (χ3n) is 8.68. The van der Waals surface area contributed by atoms with Crippen molar-refractivity contribution >= 4 is 143 Å². The second-order valence-corrected chi connectivity index (χ2v) is 18.8. The van der Waals surface area contributed by atoms with Crippen LogP contribution in [0.4, 0.5) is 8.78 Å². The first kappa shape index (κ1) is 31.4. The van der Waals surface area contributed by atoms with E-state index < -0.39 is 0 Å². The van der Waals surface area contributed by atoms with Crippen molar-refractivity contribution in [3.63, 3.8) is 0 Å². The number of nitrogens with zero attached hydrogens (tertiary/aromatic N) is 4. The number of rotatable bonds is 4. The van der Waals surface area contributed by atoms with Crippen molar-refractivity contribution in [1.82, 2.24) is 17.5 Å². The largest absolute Gasteiger partial charge is 0.206 e. The van der Waals surface area contributed by atoms with Crippen molar-refractivity contribution in [2.75, 3.05) is 0 Å². The van der Waals surface area contributed by atoms with Crippen LogP contribution >= 0.6 is 101 Å². The zero-order valence-corrected chi connectivity index (χ0v) is 33.3. The lowest BCUT2D eigenvalue weighted by Gasteiger charge is -2.09. The molecular formula is C34H18Br2F2N4S6. The lowest BCUT2D eigenvalue weighted by molar-refractivity contribution is 0.623. The van der Waals surface area contributed by atoms with Crippen molar-refractivity contribution in [1.29, 1.82) is 0 Å². The average molecular weight is 873 g/mol. The standard InChI is InChI=1S/C34H18Br2F2N4S6/c1-11-5-23(43-13(11)3)25-17-9-21(15-7-19(37)27(35)31-29(15)39-47-41-31)46-34(17)26(24-6-12(2)14(4)44-24)18-10-22(45-33(18)25)16-8-20(38)28(36)32-30(16)40-48-42-32/h5-10H,1-4H3. The zero-order valence-electron chi connectivity index (χ0n) is 25.2. The molecule has 0 radical (unpaired) electrons. The minimum absolute atomic E-state index is 0.327. The van der Waals surface area contributed by atoms with Gasteiger partial charge in [0.15, 0.2) is 0 Å². The predicted octanol–water partition coefficient (Wildman–Crippen LogP) is 14.0. The van der Waals surface area contributed by atoms with E-state index in [0.29, 0.717) is 31.0 Å². The molecule has 0 aliphatic carbocycles. The lowest BCUT2D eigenvalue weighted by atomic mass is 9.98. The fraction of sp³-hybridized carbons (Fsp3) is 0.118. The van der Waals surface area contributed by atoms with Gasteiger partial charge in [-0.25, -0.2) is 8.78 Å². The highest BCUT2D eigenvalue weighted by Gasteiger charge is 2.27. The van der Waals surface area contributed by atoms with Gasteiger partial charge in [-0.05, 0) is 107 Å². The van der Waals surface area contributed by atoms with Crippen molar-refractivity contribution in [3.8, 4) is 41.8 Å². The highest BCUT2D eigenvalue weighted by molar-refractivity contribution is 9.11. The number of aryl methyl sites for hydroxylation is 4. The van der Waals surface area contributed by atoms with Gasteiger partial charge >= 0.3 is 0 Å². The predicted molar refractivity (Wildman–Crippen MR) is 211 cm³/mol. The van der Waals surface area contributed by atoms with Crippen LogP contribution in [0.1, 0.15) is 20.9 Å². The summed E-state index contributed by atoms with van der Waals surface area (Å²) in [6, 6.07) is 12.0. The first-order chi connectivity index (χ1) is 23.1. The maximum absolute atomic E-state index is 15.3. The van der Waals surface area contributed by atoms with Crippen LogP contribution in [0.3, 0.4) is 0 Å². The topological polar surface area (TPSA) is 51.6 Å². The van der Waals surface area contributed by atoms with Crippen molar-refractivity contribution < 1.29 is 8.78 Å². The molecule has 4 nitrogen and oxygen atoms in total. The fourth-order valence-corrected chi connectivity index (χ4v) is 13.0. The zero-order chi connectivity index (χ0) is 33.2. The van der Waals surface area contributed by atoms with Gasteiger partial charge < -0.3 is 0 Å². The first-order valence-electron chi connectivity index (χ1n) is 14.5. The number of hydrogen-bond acceptors (Lipinski definition) is 10. The van der Waals surface area contributed by atoms with Gasteiger partial charge in [0.1, 0.15) is 33.7 Å². The normalized spacial score (nSPS) is 12.2. The summed E-state index contributed by atoms with van der Waals surface area (Å²) in [5.41, 5.74) is 8.57. The summed E-state index contributed by atoms with van der Waals surface area (Å²) in [7, 11) is 0. The number of benzene rings is 3. The fourth-order valence-electron chi connectivity index (χ4n) is 6.05. The summed E-state index contributed by atoms with van der Waals surface area (Å²) >= 11 is 15.8. The molecule has 0 atom stereocenters. The molecule has 6 aromatic heterocycles. The first-order valence-corrected chi connectivity index (χ1v) is 20.8. The molecule has 3 aromatic carbocycles. The molecule has 6 heterocycles. The molecule has 9 rings (SSSR count). The Kier molecular flexibility index (Phi) is 7.52. The van der Waals surface area contributed by atoms with Crippen molar-refractivity contribution in [2.45, 2.75) is 27.7 Å². The maximum Gasteiger partial charge on any atom is 0.140 e. The summed E-state index contributed by atoms with van der Waals surface area (Å²) in [4.78, 5) is 6.68. The molecule has 0 N–H and O–H groups in total. The second kappa shape index (κ2) is 11.5. The van der Waals surface area contributed by atoms with E-state index in [4.69, 9.17) is 0 Å². The number of fused-ring (bicyclic) bond motifs is 4. The van der Waals surface area contributed by atoms with Gasteiger partial charge in [-0.3, -0.25) is 0 Å². The van der Waals surface area contributed by atoms with Crippen LogP contribution in [-0.4, -0.2) is 17.5 Å². The van der Waals surface area contributed by atoms with Crippen LogP contribution in [0, 0.1) is 39.3 Å². The number of aromatic nitrogens is 4. The average Bonchev–Trinajstić information content (AvgIpc) is 3.90. The highest BCUT2D eigenvalue weighted by Crippen LogP contribution is 2.55. The van der Waals surface area contributed by atoms with E-state index in [-0.39, 0.29) is 11.6 Å². The van der Waals surface area contributed by atoms with E-state index in [0.717, 1.165) is 85.4 Å². The third-order valence-corrected chi connectivity index (χ3v) is 16.0. The van der Waals surface area contributed by atoms with E-state index in [2.05, 4.69) is 101 Å². The van der Waals surface area contributed by atoms with Gasteiger partial charge in [0.2, 0.25) is 0 Å². The molecule has 0 aliphatic heterocycles. The minimum Gasteiger partial charge on any atom is -0.206 e. The van der Waals surface area contributed by atoms with E-state index in [9.17, 15) is 0 Å². The second-order valence-electron chi connectivity index (χ2n) is 11.5. The van der Waals surface area contributed by atoms with Gasteiger partial charge in [-0.15, -0.1) is 45.3 Å². The SMILES string of the molecule is Cc1cc(-c2c3cc(-c4cc(F)c(Br)c5nsnc45)sc3c(-c3cc(C)c(C)s3)c3cc(-c4cc(F)c(Br)c5nsnc45)sc23)sc1C. The van der Waals surface area contributed by atoms with Crippen molar-refractivity contribution in [2.24, 2.45) is 0 Å². The molecule has 238 valence electrons. The smallest absolute Gasteiger partial charge is 0.140 e. The lowest BCUT2D eigenvalue weighted by Crippen LogP contribution is -1.84. The molecule has 14 heteroatoms. The molecule has 0 amide bonds. The van der Waals surface area contributed by atoms with Crippen LogP contribution in [0.2, 0.25) is 0 Å². The summed E-state index contributed by atoms with van der Waals surface area (Å²) in [6.45, 7) is 8.58.